The van der Waals surface area contributed by atoms with Gasteiger partial charge in [-0.2, -0.15) is 0 Å². The van der Waals surface area contributed by atoms with Crippen molar-refractivity contribution < 1.29 is 0 Å². The van der Waals surface area contributed by atoms with Gasteiger partial charge in [0.2, 0.25) is 0 Å². The first-order valence-electron chi connectivity index (χ1n) is 14.0. The van der Waals surface area contributed by atoms with E-state index in [2.05, 4.69) is 76.3 Å². The molecule has 0 aromatic heterocycles. The van der Waals surface area contributed by atoms with Crippen LogP contribution in [0.4, 0.5) is 11.4 Å². The highest BCUT2D eigenvalue weighted by atomic mass is 15.0. The SMILES string of the molecule is C1#CC2=Cc3cccc(c3C2)NC2CCNCC2CCCCCCCCCc2cccc(c2)NC1. The third kappa shape index (κ3) is 6.71. The van der Waals surface area contributed by atoms with Gasteiger partial charge in [-0.1, -0.05) is 74.6 Å². The van der Waals surface area contributed by atoms with Gasteiger partial charge >= 0.3 is 0 Å². The lowest BCUT2D eigenvalue weighted by Gasteiger charge is -2.34. The van der Waals surface area contributed by atoms with Gasteiger partial charge in [0, 0.05) is 29.4 Å². The molecule has 0 spiro atoms. The molecule has 3 nitrogen and oxygen atoms in total. The van der Waals surface area contributed by atoms with Crippen molar-refractivity contribution in [2.45, 2.75) is 76.7 Å². The molecule has 5 rings (SSSR count). The Bertz CT molecular complexity index is 1070. The van der Waals surface area contributed by atoms with Crippen LogP contribution in [0.3, 0.4) is 0 Å². The molecule has 1 aliphatic carbocycles. The molecule has 2 aromatic rings. The minimum Gasteiger partial charge on any atom is -0.382 e. The van der Waals surface area contributed by atoms with Crippen molar-refractivity contribution in [1.82, 2.24) is 5.32 Å². The van der Waals surface area contributed by atoms with Crippen LogP contribution in [-0.4, -0.2) is 25.7 Å². The molecule has 3 aliphatic rings. The number of piperidine rings is 1. The number of anilines is 2. The first-order chi connectivity index (χ1) is 17.3. The fourth-order valence-electron chi connectivity index (χ4n) is 5.96. The van der Waals surface area contributed by atoms with Gasteiger partial charge in [0.1, 0.15) is 0 Å². The molecule has 0 amide bonds. The van der Waals surface area contributed by atoms with Crippen molar-refractivity contribution in [3.05, 3.63) is 64.7 Å². The molecule has 1 fully saturated rings. The number of hydrogen-bond donors (Lipinski definition) is 3. The maximum absolute atomic E-state index is 3.98. The fraction of sp³-hybridized carbons (Fsp3) is 0.500. The van der Waals surface area contributed by atoms with Crippen molar-refractivity contribution in [3.8, 4) is 11.8 Å². The highest BCUT2D eigenvalue weighted by Gasteiger charge is 2.26. The van der Waals surface area contributed by atoms with Gasteiger partial charge in [0.05, 0.1) is 6.54 Å². The van der Waals surface area contributed by atoms with E-state index in [4.69, 9.17) is 0 Å². The zero-order valence-corrected chi connectivity index (χ0v) is 21.2. The van der Waals surface area contributed by atoms with Gasteiger partial charge in [0.25, 0.3) is 0 Å². The largest absolute Gasteiger partial charge is 0.382 e. The van der Waals surface area contributed by atoms with Crippen molar-refractivity contribution in [3.63, 3.8) is 0 Å². The molecular formula is C32H41N3. The summed E-state index contributed by atoms with van der Waals surface area (Å²) in [6, 6.07) is 16.2. The summed E-state index contributed by atoms with van der Waals surface area (Å²) in [6.45, 7) is 2.95. The Kier molecular flexibility index (Phi) is 8.45. The van der Waals surface area contributed by atoms with Gasteiger partial charge in [-0.15, -0.1) is 0 Å². The fourth-order valence-corrected chi connectivity index (χ4v) is 5.96. The monoisotopic (exact) mass is 467 g/mol. The predicted octanol–water partition coefficient (Wildman–Crippen LogP) is 6.81. The zero-order chi connectivity index (χ0) is 23.7. The van der Waals surface area contributed by atoms with E-state index in [1.807, 2.05) is 0 Å². The highest BCUT2D eigenvalue weighted by molar-refractivity contribution is 5.75. The van der Waals surface area contributed by atoms with Crippen LogP contribution >= 0.6 is 0 Å². The average molecular weight is 468 g/mol. The Morgan fingerprint density at radius 3 is 2.66 bits per heavy atom. The number of rotatable bonds is 0. The summed E-state index contributed by atoms with van der Waals surface area (Å²) in [6.07, 6.45) is 16.5. The van der Waals surface area contributed by atoms with Crippen LogP contribution in [0.5, 0.6) is 0 Å². The third-order valence-corrected chi connectivity index (χ3v) is 7.95. The Labute approximate surface area is 212 Å². The van der Waals surface area contributed by atoms with Crippen LogP contribution in [-0.2, 0) is 12.8 Å². The number of allylic oxidation sites excluding steroid dienone is 1. The van der Waals surface area contributed by atoms with Crippen LogP contribution < -0.4 is 16.0 Å². The second kappa shape index (κ2) is 12.3. The van der Waals surface area contributed by atoms with Crippen molar-refractivity contribution >= 4 is 17.5 Å². The van der Waals surface area contributed by atoms with Gasteiger partial charge in [-0.25, -0.2) is 0 Å². The summed E-state index contributed by atoms with van der Waals surface area (Å²) < 4.78 is 0. The topological polar surface area (TPSA) is 36.1 Å². The van der Waals surface area contributed by atoms with E-state index in [-0.39, 0.29) is 0 Å². The molecule has 2 aromatic carbocycles. The van der Waals surface area contributed by atoms with E-state index in [1.165, 1.54) is 97.8 Å². The molecule has 35 heavy (non-hydrogen) atoms. The highest BCUT2D eigenvalue weighted by Crippen LogP contribution is 2.33. The predicted molar refractivity (Wildman–Crippen MR) is 150 cm³/mol. The van der Waals surface area contributed by atoms with E-state index in [1.54, 1.807) is 0 Å². The summed E-state index contributed by atoms with van der Waals surface area (Å²) in [5, 5.41) is 11.1. The third-order valence-electron chi connectivity index (χ3n) is 7.95. The lowest BCUT2D eigenvalue weighted by molar-refractivity contribution is 0.316. The molecule has 1 saturated heterocycles. The van der Waals surface area contributed by atoms with Gasteiger partial charge in [-0.05, 0) is 85.7 Å². The maximum atomic E-state index is 3.98. The Morgan fingerprint density at radius 1 is 0.857 bits per heavy atom. The molecular weight excluding hydrogens is 426 g/mol. The Hall–Kier alpha value is -2.70. The van der Waals surface area contributed by atoms with Crippen LogP contribution in [0.2, 0.25) is 0 Å². The summed E-state index contributed by atoms with van der Waals surface area (Å²) in [5.74, 6) is 7.52. The average Bonchev–Trinajstić information content (AvgIpc) is 3.30. The summed E-state index contributed by atoms with van der Waals surface area (Å²) >= 11 is 0. The summed E-state index contributed by atoms with van der Waals surface area (Å²) in [5.41, 5.74) is 7.92. The molecule has 0 saturated carbocycles. The number of nitrogens with one attached hydrogen (secondary N) is 3. The van der Waals surface area contributed by atoms with E-state index in [9.17, 15) is 0 Å². The minimum absolute atomic E-state index is 0.568. The van der Waals surface area contributed by atoms with Crippen LogP contribution in [0, 0.1) is 17.8 Å². The number of hydrogen-bond acceptors (Lipinski definition) is 3. The minimum atomic E-state index is 0.568. The molecule has 2 heterocycles. The first kappa shape index (κ1) is 24.0. The molecule has 2 atom stereocenters. The molecule has 2 aliphatic heterocycles. The molecule has 3 N–H and O–H groups in total. The van der Waals surface area contributed by atoms with Crippen molar-refractivity contribution in [1.29, 1.82) is 0 Å². The van der Waals surface area contributed by atoms with E-state index < -0.39 is 0 Å². The molecule has 4 bridgehead atoms. The number of benzene rings is 2. The normalized spacial score (nSPS) is 23.5. The van der Waals surface area contributed by atoms with Crippen LogP contribution in [0.1, 0.15) is 74.5 Å². The number of aryl methyl sites for hydroxylation is 1. The number of fused-ring (bicyclic) bond motifs is 4. The standard InChI is InChI=1S/C32H41N3/c1-2-4-6-11-25-12-8-16-29(22-25)34-19-10-13-26-21-27-15-9-17-32(30(27)23-26)35-31-18-20-33-24-28(31)14-7-5-3-1/h8-9,12,15-17,21-22,28,31,33-35H,1-7,11,14,18-20,23-24H2. The molecule has 184 valence electrons. The Balaban J connectivity index is 1.29. The summed E-state index contributed by atoms with van der Waals surface area (Å²) in [7, 11) is 0. The van der Waals surface area contributed by atoms with Gasteiger partial charge < -0.3 is 16.0 Å². The van der Waals surface area contributed by atoms with Crippen LogP contribution in [0.25, 0.3) is 6.08 Å². The molecule has 2 unspecified atom stereocenters. The quantitative estimate of drug-likeness (QED) is 0.373. The second-order valence-electron chi connectivity index (χ2n) is 10.6. The van der Waals surface area contributed by atoms with Crippen LogP contribution in [0.15, 0.2) is 48.0 Å². The molecule has 3 heteroatoms. The Morgan fingerprint density at radius 2 is 1.71 bits per heavy atom. The second-order valence-corrected chi connectivity index (χ2v) is 10.6. The first-order valence-corrected chi connectivity index (χ1v) is 14.0. The lowest BCUT2D eigenvalue weighted by Crippen LogP contribution is -2.44. The molecule has 0 radical (unpaired) electrons. The van der Waals surface area contributed by atoms with E-state index >= 15 is 0 Å². The van der Waals surface area contributed by atoms with Crippen molar-refractivity contribution in [2.75, 3.05) is 30.3 Å². The van der Waals surface area contributed by atoms with E-state index in [0.29, 0.717) is 12.6 Å². The summed E-state index contributed by atoms with van der Waals surface area (Å²) in [4.78, 5) is 0. The van der Waals surface area contributed by atoms with Crippen molar-refractivity contribution in [2.24, 2.45) is 5.92 Å². The van der Waals surface area contributed by atoms with Gasteiger partial charge in [0.15, 0.2) is 0 Å². The smallest absolute Gasteiger partial charge is 0.0769 e. The van der Waals surface area contributed by atoms with Gasteiger partial charge in [-0.3, -0.25) is 0 Å². The lowest BCUT2D eigenvalue weighted by atomic mass is 9.88. The maximum Gasteiger partial charge on any atom is 0.0769 e. The zero-order valence-electron chi connectivity index (χ0n) is 21.2. The van der Waals surface area contributed by atoms with E-state index in [0.717, 1.165) is 25.4 Å².